The van der Waals surface area contributed by atoms with Gasteiger partial charge in [0.05, 0.1) is 10.3 Å². The number of aryl methyl sites for hydroxylation is 3. The number of non-ortho nitro benzene ring substituents is 1. The van der Waals surface area contributed by atoms with Crippen LogP contribution in [0.4, 0.5) is 11.4 Å². The summed E-state index contributed by atoms with van der Waals surface area (Å²) < 4.78 is 1.44. The van der Waals surface area contributed by atoms with Gasteiger partial charge in [0, 0.05) is 28.3 Å². The highest BCUT2D eigenvalue weighted by Gasteiger charge is 2.23. The number of nitro groups is 1. The third kappa shape index (κ3) is 4.10. The van der Waals surface area contributed by atoms with Crippen molar-refractivity contribution in [2.24, 2.45) is 0 Å². The third-order valence-electron chi connectivity index (χ3n) is 6.01. The Bertz CT molecular complexity index is 1490. The summed E-state index contributed by atoms with van der Waals surface area (Å²) in [6, 6.07) is 13.3. The molecule has 9 heteroatoms. The lowest BCUT2D eigenvalue weighted by atomic mass is 9.97. The number of hydrogen-bond donors (Lipinski definition) is 1. The van der Waals surface area contributed by atoms with E-state index in [9.17, 15) is 19.7 Å². The first-order valence-corrected chi connectivity index (χ1v) is 11.9. The molecule has 2 heterocycles. The summed E-state index contributed by atoms with van der Waals surface area (Å²) in [7, 11) is 0. The fraction of sp³-hybridized carbons (Fsp3) is 0.240. The van der Waals surface area contributed by atoms with Crippen LogP contribution >= 0.6 is 11.3 Å². The lowest BCUT2D eigenvalue weighted by molar-refractivity contribution is -0.384. The molecule has 0 spiro atoms. The number of aromatic nitrogens is 2. The molecule has 4 aromatic rings. The fourth-order valence-corrected chi connectivity index (χ4v) is 5.65. The molecule has 0 saturated heterocycles. The number of thiophene rings is 1. The van der Waals surface area contributed by atoms with Crippen molar-refractivity contribution >= 4 is 38.8 Å². The van der Waals surface area contributed by atoms with Crippen LogP contribution in [0.3, 0.4) is 0 Å². The van der Waals surface area contributed by atoms with Gasteiger partial charge in [0.15, 0.2) is 0 Å². The topological polar surface area (TPSA) is 107 Å². The van der Waals surface area contributed by atoms with Gasteiger partial charge in [-0.3, -0.25) is 24.3 Å². The molecule has 2 aromatic carbocycles. The van der Waals surface area contributed by atoms with Crippen molar-refractivity contribution < 1.29 is 9.72 Å². The predicted octanol–water partition coefficient (Wildman–Crippen LogP) is 4.86. The largest absolute Gasteiger partial charge is 0.325 e. The Labute approximate surface area is 199 Å². The van der Waals surface area contributed by atoms with Crippen molar-refractivity contribution in [3.05, 3.63) is 85.0 Å². The van der Waals surface area contributed by atoms with Crippen LogP contribution in [-0.4, -0.2) is 20.4 Å². The van der Waals surface area contributed by atoms with E-state index in [0.717, 1.165) is 47.2 Å². The number of carbonyl (C=O) groups excluding carboxylic acids is 1. The third-order valence-corrected chi connectivity index (χ3v) is 7.20. The Hall–Kier alpha value is -3.85. The second-order valence-corrected chi connectivity index (χ2v) is 9.52. The highest BCUT2D eigenvalue weighted by atomic mass is 32.1. The number of nitrogens with zero attached hydrogens (tertiary/aromatic N) is 3. The number of amides is 1. The first-order valence-electron chi connectivity index (χ1n) is 11.1. The van der Waals surface area contributed by atoms with Gasteiger partial charge in [-0.1, -0.05) is 23.8 Å². The zero-order chi connectivity index (χ0) is 23.8. The number of nitro benzene ring substituents is 1. The standard InChI is InChI=1S/C25H22N4O4S/c1-15-5-4-6-16(13-15)23-27-24-22(19-7-2-3-8-20(19)34-24)25(31)28(23)14-21(30)26-17-9-11-18(12-10-17)29(32)33/h4-6,9-13H,2-3,7-8,14H2,1H3,(H,26,30). The number of anilines is 1. The van der Waals surface area contributed by atoms with Gasteiger partial charge in [-0.15, -0.1) is 11.3 Å². The minimum Gasteiger partial charge on any atom is -0.325 e. The number of fused-ring (bicyclic) bond motifs is 3. The van der Waals surface area contributed by atoms with Crippen LogP contribution in [0.25, 0.3) is 21.6 Å². The average Bonchev–Trinajstić information content (AvgIpc) is 3.20. The van der Waals surface area contributed by atoms with E-state index in [0.29, 0.717) is 16.9 Å². The molecule has 2 aromatic heterocycles. The molecule has 34 heavy (non-hydrogen) atoms. The number of hydrogen-bond acceptors (Lipinski definition) is 6. The zero-order valence-corrected chi connectivity index (χ0v) is 19.4. The van der Waals surface area contributed by atoms with Crippen LogP contribution < -0.4 is 10.9 Å². The van der Waals surface area contributed by atoms with E-state index in [4.69, 9.17) is 4.98 Å². The monoisotopic (exact) mass is 474 g/mol. The second kappa shape index (κ2) is 8.83. The number of carbonyl (C=O) groups is 1. The van der Waals surface area contributed by atoms with Gasteiger partial charge in [-0.25, -0.2) is 4.98 Å². The Morgan fingerprint density at radius 2 is 1.94 bits per heavy atom. The molecular weight excluding hydrogens is 452 g/mol. The summed E-state index contributed by atoms with van der Waals surface area (Å²) >= 11 is 1.58. The molecule has 1 N–H and O–H groups in total. The van der Waals surface area contributed by atoms with Gasteiger partial charge in [0.1, 0.15) is 17.2 Å². The van der Waals surface area contributed by atoms with Crippen molar-refractivity contribution in [2.75, 3.05) is 5.32 Å². The average molecular weight is 475 g/mol. The molecule has 5 rings (SSSR count). The molecule has 0 atom stereocenters. The number of nitrogens with one attached hydrogen (secondary N) is 1. The van der Waals surface area contributed by atoms with Crippen molar-refractivity contribution in [1.29, 1.82) is 0 Å². The van der Waals surface area contributed by atoms with Crippen LogP contribution in [0.2, 0.25) is 0 Å². The summed E-state index contributed by atoms with van der Waals surface area (Å²) in [4.78, 5) is 43.8. The molecule has 0 saturated carbocycles. The first-order chi connectivity index (χ1) is 16.4. The summed E-state index contributed by atoms with van der Waals surface area (Å²) in [5.74, 6) is 0.0498. The van der Waals surface area contributed by atoms with Gasteiger partial charge in [-0.05, 0) is 56.4 Å². The SMILES string of the molecule is Cc1cccc(-c2nc3sc4c(c3c(=O)n2CC(=O)Nc2ccc([N+](=O)[O-])cc2)CCCC4)c1. The van der Waals surface area contributed by atoms with E-state index >= 15 is 0 Å². The summed E-state index contributed by atoms with van der Waals surface area (Å²) in [5.41, 5.74) is 3.02. The first kappa shape index (κ1) is 22.0. The van der Waals surface area contributed by atoms with Crippen LogP contribution in [0.5, 0.6) is 0 Å². The lowest BCUT2D eigenvalue weighted by Crippen LogP contribution is -2.30. The normalized spacial score (nSPS) is 13.0. The number of benzene rings is 2. The highest BCUT2D eigenvalue weighted by molar-refractivity contribution is 7.18. The second-order valence-electron chi connectivity index (χ2n) is 8.44. The molecule has 8 nitrogen and oxygen atoms in total. The Kier molecular flexibility index (Phi) is 5.70. The van der Waals surface area contributed by atoms with Crippen molar-refractivity contribution in [2.45, 2.75) is 39.2 Å². The molecule has 0 fully saturated rings. The van der Waals surface area contributed by atoms with E-state index in [-0.39, 0.29) is 17.8 Å². The van der Waals surface area contributed by atoms with E-state index < -0.39 is 10.8 Å². The predicted molar refractivity (Wildman–Crippen MR) is 132 cm³/mol. The van der Waals surface area contributed by atoms with Crippen LogP contribution in [0.1, 0.15) is 28.8 Å². The Morgan fingerprint density at radius 1 is 1.18 bits per heavy atom. The molecule has 0 bridgehead atoms. The summed E-state index contributed by atoms with van der Waals surface area (Å²) in [5, 5.41) is 14.2. The van der Waals surface area contributed by atoms with Gasteiger partial charge in [0.2, 0.25) is 5.91 Å². The maximum atomic E-state index is 13.7. The van der Waals surface area contributed by atoms with E-state index in [2.05, 4.69) is 5.32 Å². The highest BCUT2D eigenvalue weighted by Crippen LogP contribution is 2.35. The minimum absolute atomic E-state index is 0.0622. The van der Waals surface area contributed by atoms with E-state index in [1.165, 1.54) is 33.7 Å². The summed E-state index contributed by atoms with van der Waals surface area (Å²) in [6.07, 6.45) is 3.95. The van der Waals surface area contributed by atoms with E-state index in [1.54, 1.807) is 11.3 Å². The molecule has 1 aliphatic carbocycles. The fourth-order valence-electron chi connectivity index (χ4n) is 4.40. The van der Waals surface area contributed by atoms with Gasteiger partial charge in [0.25, 0.3) is 11.2 Å². The molecular formula is C25H22N4O4S. The Morgan fingerprint density at radius 3 is 2.68 bits per heavy atom. The quantitative estimate of drug-likeness (QED) is 0.328. The molecule has 0 radical (unpaired) electrons. The Balaban J connectivity index is 1.57. The van der Waals surface area contributed by atoms with Gasteiger partial charge < -0.3 is 5.32 Å². The maximum absolute atomic E-state index is 13.7. The maximum Gasteiger partial charge on any atom is 0.269 e. The van der Waals surface area contributed by atoms with Crippen molar-refractivity contribution in [1.82, 2.24) is 9.55 Å². The van der Waals surface area contributed by atoms with Crippen molar-refractivity contribution in [3.63, 3.8) is 0 Å². The zero-order valence-electron chi connectivity index (χ0n) is 18.5. The number of rotatable bonds is 5. The van der Waals surface area contributed by atoms with Gasteiger partial charge in [-0.2, -0.15) is 0 Å². The smallest absolute Gasteiger partial charge is 0.269 e. The van der Waals surface area contributed by atoms with Gasteiger partial charge >= 0.3 is 0 Å². The molecule has 1 aliphatic rings. The van der Waals surface area contributed by atoms with Crippen LogP contribution in [0.15, 0.2) is 53.3 Å². The molecule has 0 unspecified atom stereocenters. The molecule has 0 aliphatic heterocycles. The van der Waals surface area contributed by atoms with Crippen molar-refractivity contribution in [3.8, 4) is 11.4 Å². The van der Waals surface area contributed by atoms with Crippen LogP contribution in [0, 0.1) is 17.0 Å². The van der Waals surface area contributed by atoms with E-state index in [1.807, 2.05) is 31.2 Å². The summed E-state index contributed by atoms with van der Waals surface area (Å²) in [6.45, 7) is 1.75. The molecule has 1 amide bonds. The molecule has 172 valence electrons. The lowest BCUT2D eigenvalue weighted by Gasteiger charge is -2.14. The van der Waals surface area contributed by atoms with Crippen LogP contribution in [-0.2, 0) is 24.2 Å². The minimum atomic E-state index is -0.498.